The van der Waals surface area contributed by atoms with Gasteiger partial charge in [0.1, 0.15) is 13.2 Å². The lowest BCUT2D eigenvalue weighted by Crippen LogP contribution is -1.93. The molecule has 1 N–H and O–H groups in total. The van der Waals surface area contributed by atoms with Gasteiger partial charge in [-0.1, -0.05) is 15.4 Å². The molecule has 0 bridgehead atoms. The third-order valence-corrected chi connectivity index (χ3v) is 2.18. The summed E-state index contributed by atoms with van der Waals surface area (Å²) in [7, 11) is -1.64. The van der Waals surface area contributed by atoms with E-state index >= 15 is 0 Å². The van der Waals surface area contributed by atoms with E-state index in [0.717, 1.165) is 0 Å². The molecular weight excluding hydrogens is 233 g/mol. The molecule has 0 saturated carbocycles. The molecule has 0 heterocycles. The van der Waals surface area contributed by atoms with Gasteiger partial charge in [0.05, 0.1) is 0 Å². The fourth-order valence-electron chi connectivity index (χ4n) is 0.692. The molecule has 0 fully saturated rings. The van der Waals surface area contributed by atoms with Crippen molar-refractivity contribution in [3.63, 3.8) is 0 Å². The SMILES string of the molecule is [N-]=[N+]=NCCCO[P+](=N)OCCCN=[N+]=[N-]. The molecule has 0 radical (unpaired) electrons. The molecule has 0 aliphatic heterocycles. The van der Waals surface area contributed by atoms with Gasteiger partial charge in [-0.05, 0) is 23.9 Å². The highest BCUT2D eigenvalue weighted by molar-refractivity contribution is 7.34. The van der Waals surface area contributed by atoms with E-state index < -0.39 is 8.17 Å². The molecule has 0 amide bonds. The second-order valence-electron chi connectivity index (χ2n) is 2.54. The van der Waals surface area contributed by atoms with E-state index in [1.165, 1.54) is 0 Å². The van der Waals surface area contributed by atoms with Gasteiger partial charge in [0.25, 0.3) is 0 Å². The highest BCUT2D eigenvalue weighted by Crippen LogP contribution is 2.24. The van der Waals surface area contributed by atoms with Crippen LogP contribution in [0.5, 0.6) is 0 Å². The van der Waals surface area contributed by atoms with E-state index in [1.807, 2.05) is 0 Å². The molecule has 0 aromatic heterocycles. The Labute approximate surface area is 93.4 Å². The van der Waals surface area contributed by atoms with Gasteiger partial charge in [-0.2, -0.15) is 0 Å². The predicted octanol–water partition coefficient (Wildman–Crippen LogP) is 3.49. The molecule has 0 rings (SSSR count). The molecule has 0 aromatic rings. The van der Waals surface area contributed by atoms with Gasteiger partial charge in [-0.15, -0.1) is 9.05 Å². The summed E-state index contributed by atoms with van der Waals surface area (Å²) in [4.78, 5) is 5.17. The number of rotatable bonds is 10. The van der Waals surface area contributed by atoms with Crippen molar-refractivity contribution in [2.45, 2.75) is 12.8 Å². The van der Waals surface area contributed by atoms with E-state index in [-0.39, 0.29) is 0 Å². The summed E-state index contributed by atoms with van der Waals surface area (Å²) in [6.07, 6.45) is 1.15. The lowest BCUT2D eigenvalue weighted by atomic mass is 10.5. The third-order valence-electron chi connectivity index (χ3n) is 1.35. The second kappa shape index (κ2) is 11.7. The van der Waals surface area contributed by atoms with Crippen LogP contribution in [-0.2, 0) is 9.05 Å². The molecule has 0 atom stereocenters. The first-order chi connectivity index (χ1) is 7.81. The van der Waals surface area contributed by atoms with Crippen LogP contribution in [0.1, 0.15) is 12.8 Å². The van der Waals surface area contributed by atoms with Crippen LogP contribution in [0.4, 0.5) is 0 Å². The summed E-state index contributed by atoms with van der Waals surface area (Å²) in [6.45, 7) is 1.39. The van der Waals surface area contributed by atoms with Gasteiger partial charge in [-0.3, -0.25) is 0 Å². The molecule has 88 valence electrons. The Kier molecular flexibility index (Phi) is 10.7. The van der Waals surface area contributed by atoms with Crippen LogP contribution in [0.25, 0.3) is 20.9 Å². The fraction of sp³-hybridized carbons (Fsp3) is 1.00. The molecule has 0 aliphatic rings. The van der Waals surface area contributed by atoms with Gasteiger partial charge < -0.3 is 0 Å². The minimum Gasteiger partial charge on any atom is -0.135 e. The lowest BCUT2D eigenvalue weighted by Gasteiger charge is -1.92. The minimum atomic E-state index is -1.64. The molecule has 0 saturated heterocycles. The van der Waals surface area contributed by atoms with Crippen molar-refractivity contribution in [1.82, 2.24) is 0 Å². The van der Waals surface area contributed by atoms with Gasteiger partial charge >= 0.3 is 8.17 Å². The van der Waals surface area contributed by atoms with Crippen molar-refractivity contribution < 1.29 is 9.05 Å². The highest BCUT2D eigenvalue weighted by Gasteiger charge is 2.12. The smallest absolute Gasteiger partial charge is 0.135 e. The second-order valence-corrected chi connectivity index (χ2v) is 3.57. The standard InChI is InChI=1S/C6H13N7O2P/c7-12-10-3-1-5-14-16(9)15-6-2-4-11-13-8/h9H,1-6H2/q+1. The van der Waals surface area contributed by atoms with E-state index in [1.54, 1.807) is 0 Å². The quantitative estimate of drug-likeness (QED) is 0.207. The molecule has 0 aromatic carbocycles. The van der Waals surface area contributed by atoms with Crippen LogP contribution in [0.3, 0.4) is 0 Å². The topological polar surface area (TPSA) is 140 Å². The van der Waals surface area contributed by atoms with Crippen LogP contribution in [0.2, 0.25) is 0 Å². The maximum absolute atomic E-state index is 7.99. The molecular formula is C6H13N7O2P+. The van der Waals surface area contributed by atoms with Gasteiger partial charge in [-0.25, -0.2) is 0 Å². The van der Waals surface area contributed by atoms with Crippen LogP contribution in [-0.4, -0.2) is 26.3 Å². The zero-order valence-electron chi connectivity index (χ0n) is 8.69. The molecule has 10 heteroatoms. The Bertz CT molecular complexity index is 269. The van der Waals surface area contributed by atoms with Crippen LogP contribution >= 0.6 is 8.17 Å². The van der Waals surface area contributed by atoms with Crippen molar-refractivity contribution in [1.29, 1.82) is 5.16 Å². The minimum absolute atomic E-state index is 0.338. The Morgan fingerprint density at radius 3 is 1.81 bits per heavy atom. The maximum atomic E-state index is 7.99. The summed E-state index contributed by atoms with van der Waals surface area (Å²) >= 11 is 0. The van der Waals surface area contributed by atoms with Crippen molar-refractivity contribution in [2.75, 3.05) is 26.3 Å². The number of hydrogen-bond acceptors (Lipinski definition) is 5. The fourth-order valence-corrected chi connectivity index (χ4v) is 1.36. The van der Waals surface area contributed by atoms with E-state index in [9.17, 15) is 0 Å². The molecule has 0 unspecified atom stereocenters. The zero-order chi connectivity index (χ0) is 12.1. The van der Waals surface area contributed by atoms with Crippen molar-refractivity contribution in [2.24, 2.45) is 10.2 Å². The van der Waals surface area contributed by atoms with Crippen LogP contribution in [0, 0.1) is 5.16 Å². The molecule has 9 nitrogen and oxygen atoms in total. The first kappa shape index (κ1) is 14.6. The maximum Gasteiger partial charge on any atom is 0.556 e. The van der Waals surface area contributed by atoms with Crippen LogP contribution in [0.15, 0.2) is 10.2 Å². The Balaban J connectivity index is 3.30. The largest absolute Gasteiger partial charge is 0.556 e. The van der Waals surface area contributed by atoms with Crippen molar-refractivity contribution >= 4 is 8.17 Å². The van der Waals surface area contributed by atoms with E-state index in [0.29, 0.717) is 39.1 Å². The van der Waals surface area contributed by atoms with Crippen molar-refractivity contribution in [3.05, 3.63) is 20.9 Å². The summed E-state index contributed by atoms with van der Waals surface area (Å²) in [5.41, 5.74) is 16.0. The molecule has 16 heavy (non-hydrogen) atoms. The normalized spacial score (nSPS) is 10.1. The Morgan fingerprint density at radius 1 is 1.00 bits per heavy atom. The predicted molar refractivity (Wildman–Crippen MR) is 58.8 cm³/mol. The summed E-state index contributed by atoms with van der Waals surface area (Å²) < 4.78 is 10.0. The average molecular weight is 246 g/mol. The zero-order valence-corrected chi connectivity index (χ0v) is 9.58. The monoisotopic (exact) mass is 246 g/mol. The molecule has 0 spiro atoms. The highest BCUT2D eigenvalue weighted by atomic mass is 31.1. The van der Waals surface area contributed by atoms with Gasteiger partial charge in [0, 0.05) is 22.9 Å². The van der Waals surface area contributed by atoms with Crippen molar-refractivity contribution in [3.8, 4) is 0 Å². The summed E-state index contributed by atoms with van der Waals surface area (Å²) in [5, 5.41) is 14.0. The van der Waals surface area contributed by atoms with Gasteiger partial charge in [0.2, 0.25) is 0 Å². The number of azide groups is 2. The first-order valence-electron chi connectivity index (χ1n) is 4.60. The third kappa shape index (κ3) is 10.7. The number of nitrogens with zero attached hydrogens (tertiary/aromatic N) is 6. The molecule has 0 aliphatic carbocycles. The van der Waals surface area contributed by atoms with Gasteiger partial charge in [0.15, 0.2) is 0 Å². The average Bonchev–Trinajstić information content (AvgIpc) is 2.28. The lowest BCUT2D eigenvalue weighted by molar-refractivity contribution is 0.252. The number of nitrogens with one attached hydrogen (secondary N) is 1. The van der Waals surface area contributed by atoms with Crippen LogP contribution < -0.4 is 0 Å². The van der Waals surface area contributed by atoms with E-state index in [2.05, 4.69) is 20.1 Å². The Hall–Kier alpha value is -1.36. The summed E-state index contributed by atoms with van der Waals surface area (Å²) in [5.74, 6) is 0. The van der Waals surface area contributed by atoms with E-state index in [4.69, 9.17) is 25.3 Å². The summed E-state index contributed by atoms with van der Waals surface area (Å²) in [6, 6.07) is 0. The Morgan fingerprint density at radius 2 is 1.44 bits per heavy atom. The number of hydrogen-bond donors (Lipinski definition) is 1. The first-order valence-corrected chi connectivity index (χ1v) is 5.78.